The molecule has 0 aliphatic carbocycles. The molecule has 100 valence electrons. The van der Waals surface area contributed by atoms with E-state index in [1.165, 1.54) is 6.42 Å². The Morgan fingerprint density at radius 3 is 2.94 bits per heavy atom. The first-order chi connectivity index (χ1) is 8.90. The van der Waals surface area contributed by atoms with Crippen LogP contribution in [0.4, 0.5) is 0 Å². The third-order valence-electron chi connectivity index (χ3n) is 2.79. The standard InChI is InChI=1S/C14H21NO3/c1-2-7-15-8-3-4-9-16-12-5-6-13-14(10-12)18-11-17-13/h5-6,10,15H,2-4,7-9,11H2,1H3. The summed E-state index contributed by atoms with van der Waals surface area (Å²) < 4.78 is 16.2. The largest absolute Gasteiger partial charge is 0.493 e. The topological polar surface area (TPSA) is 39.7 Å². The first kappa shape index (κ1) is 13.0. The van der Waals surface area contributed by atoms with Gasteiger partial charge in [-0.25, -0.2) is 0 Å². The van der Waals surface area contributed by atoms with Crippen LogP contribution in [0, 0.1) is 0 Å². The number of hydrogen-bond acceptors (Lipinski definition) is 4. The van der Waals surface area contributed by atoms with Gasteiger partial charge in [0.25, 0.3) is 0 Å². The van der Waals surface area contributed by atoms with Crippen molar-refractivity contribution in [2.75, 3.05) is 26.5 Å². The minimum Gasteiger partial charge on any atom is -0.493 e. The van der Waals surface area contributed by atoms with Gasteiger partial charge >= 0.3 is 0 Å². The molecular weight excluding hydrogens is 230 g/mol. The van der Waals surface area contributed by atoms with Crippen LogP contribution >= 0.6 is 0 Å². The zero-order valence-electron chi connectivity index (χ0n) is 10.9. The predicted molar refractivity (Wildman–Crippen MR) is 70.5 cm³/mol. The molecule has 0 saturated carbocycles. The molecule has 0 amide bonds. The van der Waals surface area contributed by atoms with Gasteiger partial charge in [-0.2, -0.15) is 0 Å². The number of hydrogen-bond donors (Lipinski definition) is 1. The maximum absolute atomic E-state index is 5.67. The van der Waals surface area contributed by atoms with E-state index >= 15 is 0 Å². The van der Waals surface area contributed by atoms with Gasteiger partial charge in [-0.1, -0.05) is 6.92 Å². The highest BCUT2D eigenvalue weighted by molar-refractivity contribution is 5.46. The van der Waals surface area contributed by atoms with E-state index in [1.807, 2.05) is 18.2 Å². The molecule has 1 N–H and O–H groups in total. The molecule has 1 aromatic rings. The van der Waals surface area contributed by atoms with Gasteiger partial charge in [-0.3, -0.25) is 0 Å². The monoisotopic (exact) mass is 251 g/mol. The molecule has 0 spiro atoms. The van der Waals surface area contributed by atoms with E-state index in [9.17, 15) is 0 Å². The van der Waals surface area contributed by atoms with Gasteiger partial charge in [0, 0.05) is 6.07 Å². The minimum atomic E-state index is 0.307. The molecule has 1 aliphatic rings. The summed E-state index contributed by atoms with van der Waals surface area (Å²) in [5, 5.41) is 3.38. The average Bonchev–Trinajstić information content (AvgIpc) is 2.85. The van der Waals surface area contributed by atoms with E-state index in [-0.39, 0.29) is 0 Å². The fourth-order valence-electron chi connectivity index (χ4n) is 1.81. The second-order valence-corrected chi connectivity index (χ2v) is 4.32. The Labute approximate surface area is 108 Å². The molecular formula is C14H21NO3. The van der Waals surface area contributed by atoms with Crippen LogP contribution in [0.15, 0.2) is 18.2 Å². The first-order valence-corrected chi connectivity index (χ1v) is 6.63. The molecule has 4 heteroatoms. The highest BCUT2D eigenvalue weighted by Gasteiger charge is 2.13. The Morgan fingerprint density at radius 1 is 1.17 bits per heavy atom. The van der Waals surface area contributed by atoms with E-state index in [2.05, 4.69) is 12.2 Å². The molecule has 0 bridgehead atoms. The summed E-state index contributed by atoms with van der Waals surface area (Å²) in [6.45, 7) is 5.40. The van der Waals surface area contributed by atoms with Gasteiger partial charge in [0.15, 0.2) is 11.5 Å². The molecule has 1 aromatic carbocycles. The van der Waals surface area contributed by atoms with Gasteiger partial charge in [-0.05, 0) is 44.5 Å². The van der Waals surface area contributed by atoms with E-state index < -0.39 is 0 Å². The van der Waals surface area contributed by atoms with Gasteiger partial charge in [0.05, 0.1) is 6.61 Å². The van der Waals surface area contributed by atoms with E-state index in [0.29, 0.717) is 6.79 Å². The molecule has 0 atom stereocenters. The average molecular weight is 251 g/mol. The lowest BCUT2D eigenvalue weighted by atomic mass is 10.3. The van der Waals surface area contributed by atoms with Gasteiger partial charge in [-0.15, -0.1) is 0 Å². The zero-order chi connectivity index (χ0) is 12.6. The van der Waals surface area contributed by atoms with Crippen molar-refractivity contribution in [2.45, 2.75) is 26.2 Å². The number of nitrogens with one attached hydrogen (secondary N) is 1. The van der Waals surface area contributed by atoms with E-state index in [1.54, 1.807) is 0 Å². The van der Waals surface area contributed by atoms with Crippen molar-refractivity contribution in [1.82, 2.24) is 5.32 Å². The quantitative estimate of drug-likeness (QED) is 0.721. The molecule has 0 fully saturated rings. The van der Waals surface area contributed by atoms with Crippen LogP contribution < -0.4 is 19.5 Å². The molecule has 1 aliphatic heterocycles. The summed E-state index contributed by atoms with van der Waals surface area (Å²) in [6, 6.07) is 5.70. The summed E-state index contributed by atoms with van der Waals surface area (Å²) >= 11 is 0. The lowest BCUT2D eigenvalue weighted by molar-refractivity contribution is 0.173. The molecule has 4 nitrogen and oxygen atoms in total. The highest BCUT2D eigenvalue weighted by Crippen LogP contribution is 2.35. The van der Waals surface area contributed by atoms with Crippen LogP contribution in [0.3, 0.4) is 0 Å². The first-order valence-electron chi connectivity index (χ1n) is 6.63. The Morgan fingerprint density at radius 2 is 2.06 bits per heavy atom. The summed E-state index contributed by atoms with van der Waals surface area (Å²) in [5.74, 6) is 2.42. The van der Waals surface area contributed by atoms with Crippen LogP contribution in [0.5, 0.6) is 17.2 Å². The molecule has 0 saturated heterocycles. The van der Waals surface area contributed by atoms with E-state index in [0.717, 1.165) is 49.8 Å². The predicted octanol–water partition coefficient (Wildman–Crippen LogP) is 2.57. The Bertz CT molecular complexity index is 368. The Balaban J connectivity index is 1.62. The van der Waals surface area contributed by atoms with Crippen molar-refractivity contribution in [1.29, 1.82) is 0 Å². The van der Waals surface area contributed by atoms with Gasteiger partial charge in [0.1, 0.15) is 5.75 Å². The van der Waals surface area contributed by atoms with Crippen LogP contribution in [-0.4, -0.2) is 26.5 Å². The molecule has 0 aromatic heterocycles. The SMILES string of the molecule is CCCNCCCCOc1ccc2c(c1)OCO2. The minimum absolute atomic E-state index is 0.307. The summed E-state index contributed by atoms with van der Waals surface area (Å²) in [5.41, 5.74) is 0. The molecule has 1 heterocycles. The maximum Gasteiger partial charge on any atom is 0.231 e. The summed E-state index contributed by atoms with van der Waals surface area (Å²) in [4.78, 5) is 0. The number of benzene rings is 1. The van der Waals surface area contributed by atoms with Crippen molar-refractivity contribution in [2.24, 2.45) is 0 Å². The molecule has 0 unspecified atom stereocenters. The third kappa shape index (κ3) is 3.81. The second kappa shape index (κ2) is 7.11. The normalized spacial score (nSPS) is 12.7. The number of rotatable bonds is 8. The van der Waals surface area contributed by atoms with Crippen molar-refractivity contribution in [3.8, 4) is 17.2 Å². The van der Waals surface area contributed by atoms with Crippen LogP contribution in [0.2, 0.25) is 0 Å². The van der Waals surface area contributed by atoms with Crippen molar-refractivity contribution < 1.29 is 14.2 Å². The summed E-state index contributed by atoms with van der Waals surface area (Å²) in [7, 11) is 0. The number of ether oxygens (including phenoxy) is 3. The third-order valence-corrected chi connectivity index (χ3v) is 2.79. The molecule has 2 rings (SSSR count). The number of unbranched alkanes of at least 4 members (excludes halogenated alkanes) is 1. The highest BCUT2D eigenvalue weighted by atomic mass is 16.7. The van der Waals surface area contributed by atoms with E-state index in [4.69, 9.17) is 14.2 Å². The van der Waals surface area contributed by atoms with Gasteiger partial charge in [0.2, 0.25) is 6.79 Å². The molecule has 0 radical (unpaired) electrons. The summed E-state index contributed by atoms with van der Waals surface area (Å²) in [6.07, 6.45) is 3.39. The smallest absolute Gasteiger partial charge is 0.231 e. The van der Waals surface area contributed by atoms with Crippen molar-refractivity contribution in [3.63, 3.8) is 0 Å². The fourth-order valence-corrected chi connectivity index (χ4v) is 1.81. The van der Waals surface area contributed by atoms with Crippen LogP contribution in [0.1, 0.15) is 26.2 Å². The van der Waals surface area contributed by atoms with Crippen molar-refractivity contribution in [3.05, 3.63) is 18.2 Å². The lowest BCUT2D eigenvalue weighted by Gasteiger charge is -2.07. The number of fused-ring (bicyclic) bond motifs is 1. The lowest BCUT2D eigenvalue weighted by Crippen LogP contribution is -2.16. The van der Waals surface area contributed by atoms with Gasteiger partial charge < -0.3 is 19.5 Å². The van der Waals surface area contributed by atoms with Crippen molar-refractivity contribution >= 4 is 0 Å². The fraction of sp³-hybridized carbons (Fsp3) is 0.571. The second-order valence-electron chi connectivity index (χ2n) is 4.32. The van der Waals surface area contributed by atoms with Crippen LogP contribution in [0.25, 0.3) is 0 Å². The molecule has 18 heavy (non-hydrogen) atoms. The van der Waals surface area contributed by atoms with Crippen LogP contribution in [-0.2, 0) is 0 Å². The Kier molecular flexibility index (Phi) is 5.15. The maximum atomic E-state index is 5.67. The Hall–Kier alpha value is -1.42. The zero-order valence-corrected chi connectivity index (χ0v) is 10.9.